The van der Waals surface area contributed by atoms with Crippen LogP contribution in [0, 0.1) is 0 Å². The van der Waals surface area contributed by atoms with Crippen LogP contribution < -0.4 is 10.1 Å². The Bertz CT molecular complexity index is 1680. The number of nitrogens with zero attached hydrogens (tertiary/aromatic N) is 2. The number of carbonyl (C=O) groups excluding carboxylic acids is 1. The van der Waals surface area contributed by atoms with Gasteiger partial charge in [0.25, 0.3) is 5.91 Å². The lowest BCUT2D eigenvalue weighted by Crippen LogP contribution is -2.39. The smallest absolute Gasteiger partial charge is 0.255 e. The van der Waals surface area contributed by atoms with Crippen LogP contribution >= 0.6 is 11.6 Å². The van der Waals surface area contributed by atoms with Crippen molar-refractivity contribution in [1.82, 2.24) is 14.5 Å². The summed E-state index contributed by atoms with van der Waals surface area (Å²) >= 11 is 5.80. The van der Waals surface area contributed by atoms with Gasteiger partial charge in [0.05, 0.1) is 29.1 Å². The minimum Gasteiger partial charge on any atom is -0.459 e. The first-order valence-electron chi connectivity index (χ1n) is 11.9. The molecule has 0 aliphatic rings. The second-order valence-corrected chi connectivity index (χ2v) is 12.6. The van der Waals surface area contributed by atoms with Crippen molar-refractivity contribution in [2.75, 3.05) is 6.54 Å². The molecular weight excluding hydrogens is 576 g/mol. The van der Waals surface area contributed by atoms with Crippen molar-refractivity contribution in [3.05, 3.63) is 119 Å². The molecule has 0 saturated carbocycles. The lowest BCUT2D eigenvalue weighted by atomic mass is 10.2. The number of hydrogen-bond acceptors (Lipinski definition) is 7. The summed E-state index contributed by atoms with van der Waals surface area (Å²) in [6, 6.07) is 25.6. The quantitative estimate of drug-likeness (QED) is 0.188. The number of nitrogens with one attached hydrogen (secondary N) is 2. The van der Waals surface area contributed by atoms with Gasteiger partial charge < -0.3 is 4.42 Å². The number of hydrazone groups is 1. The second-order valence-electron chi connectivity index (χ2n) is 8.45. The topological polar surface area (TPSA) is 138 Å². The van der Waals surface area contributed by atoms with Crippen LogP contribution in [0.25, 0.3) is 0 Å². The average Bonchev–Trinajstić information content (AvgIpc) is 3.41. The summed E-state index contributed by atoms with van der Waals surface area (Å²) in [7, 11) is -7.74. The van der Waals surface area contributed by atoms with Crippen molar-refractivity contribution in [2.24, 2.45) is 5.10 Å². The van der Waals surface area contributed by atoms with Crippen LogP contribution in [0.1, 0.15) is 17.1 Å². The Morgan fingerprint density at radius 3 is 2.17 bits per heavy atom. The second kappa shape index (κ2) is 13.0. The van der Waals surface area contributed by atoms with Crippen molar-refractivity contribution < 1.29 is 26.0 Å². The standard InChI is InChI=1S/C27H25ClN4O6S2/c28-22-11-15-25(16-12-22)39(34,35)30-18-24-14-13-23(38-24)17-29-31-27(33)20-32(19-21-7-3-1-4-8-21)40(36,37)26-9-5-2-6-10-26/h1-17,30H,18-20H2,(H,31,33)/b29-17-. The first-order valence-corrected chi connectivity index (χ1v) is 15.2. The molecule has 40 heavy (non-hydrogen) atoms. The number of sulfonamides is 2. The largest absolute Gasteiger partial charge is 0.459 e. The Morgan fingerprint density at radius 2 is 1.50 bits per heavy atom. The average molecular weight is 601 g/mol. The molecule has 0 atom stereocenters. The van der Waals surface area contributed by atoms with Crippen molar-refractivity contribution in [3.8, 4) is 0 Å². The Hall–Kier alpha value is -3.81. The van der Waals surface area contributed by atoms with E-state index in [0.29, 0.717) is 16.3 Å². The molecule has 0 aliphatic heterocycles. The molecular formula is C27H25ClN4O6S2. The molecule has 3 aromatic carbocycles. The lowest BCUT2D eigenvalue weighted by molar-refractivity contribution is -0.121. The maximum atomic E-state index is 13.2. The molecule has 208 valence electrons. The number of rotatable bonds is 12. The fourth-order valence-corrected chi connectivity index (χ4v) is 6.06. The highest BCUT2D eigenvalue weighted by molar-refractivity contribution is 7.89. The number of furan rings is 1. The Kier molecular flexibility index (Phi) is 9.50. The van der Waals surface area contributed by atoms with Crippen LogP contribution in [-0.2, 0) is 37.9 Å². The summed E-state index contributed by atoms with van der Waals surface area (Å²) in [5, 5.41) is 4.26. The van der Waals surface area contributed by atoms with E-state index < -0.39 is 32.5 Å². The van der Waals surface area contributed by atoms with Crippen molar-refractivity contribution in [2.45, 2.75) is 22.9 Å². The summed E-state index contributed by atoms with van der Waals surface area (Å²) < 4.78 is 60.4. The van der Waals surface area contributed by atoms with Crippen LogP contribution in [0.15, 0.2) is 116 Å². The number of amides is 1. The zero-order valence-electron chi connectivity index (χ0n) is 21.0. The third-order valence-electron chi connectivity index (χ3n) is 5.53. The first-order chi connectivity index (χ1) is 19.1. The molecule has 0 bridgehead atoms. The van der Waals surface area contributed by atoms with E-state index in [0.717, 1.165) is 4.31 Å². The van der Waals surface area contributed by atoms with Gasteiger partial charge in [0, 0.05) is 11.6 Å². The molecule has 0 aliphatic carbocycles. The van der Waals surface area contributed by atoms with E-state index in [1.807, 2.05) is 6.07 Å². The van der Waals surface area contributed by atoms with E-state index >= 15 is 0 Å². The molecule has 0 radical (unpaired) electrons. The van der Waals surface area contributed by atoms with Gasteiger partial charge in [0.2, 0.25) is 20.0 Å². The van der Waals surface area contributed by atoms with E-state index in [-0.39, 0.29) is 28.6 Å². The molecule has 0 unspecified atom stereocenters. The molecule has 10 nitrogen and oxygen atoms in total. The summed E-state index contributed by atoms with van der Waals surface area (Å²) in [4.78, 5) is 12.8. The van der Waals surface area contributed by atoms with Crippen molar-refractivity contribution >= 4 is 43.8 Å². The predicted octanol–water partition coefficient (Wildman–Crippen LogP) is 3.75. The Balaban J connectivity index is 1.36. The molecule has 4 rings (SSSR count). The highest BCUT2D eigenvalue weighted by Crippen LogP contribution is 2.18. The number of halogens is 1. The number of hydrogen-bond donors (Lipinski definition) is 2. The molecule has 4 aromatic rings. The summed E-state index contributed by atoms with van der Waals surface area (Å²) in [6.45, 7) is -0.598. The first kappa shape index (κ1) is 29.2. The van der Waals surface area contributed by atoms with Crippen LogP contribution in [0.4, 0.5) is 0 Å². The molecule has 0 saturated heterocycles. The van der Waals surface area contributed by atoms with Gasteiger partial charge in [-0.15, -0.1) is 0 Å². The van der Waals surface area contributed by atoms with Gasteiger partial charge in [-0.05, 0) is 54.1 Å². The highest BCUT2D eigenvalue weighted by Gasteiger charge is 2.26. The van der Waals surface area contributed by atoms with Crippen LogP contribution in [0.5, 0.6) is 0 Å². The zero-order valence-corrected chi connectivity index (χ0v) is 23.4. The van der Waals surface area contributed by atoms with Gasteiger partial charge in [-0.1, -0.05) is 60.1 Å². The fraction of sp³-hybridized carbons (Fsp3) is 0.111. The van der Waals surface area contributed by atoms with Gasteiger partial charge in [0.1, 0.15) is 11.5 Å². The maximum Gasteiger partial charge on any atom is 0.255 e. The molecule has 1 heterocycles. The summed E-state index contributed by atoms with van der Waals surface area (Å²) in [5.41, 5.74) is 3.02. The van der Waals surface area contributed by atoms with Gasteiger partial charge in [0.15, 0.2) is 0 Å². The third kappa shape index (κ3) is 7.87. The Morgan fingerprint density at radius 1 is 0.850 bits per heavy atom. The van der Waals surface area contributed by atoms with E-state index in [9.17, 15) is 21.6 Å². The normalized spacial score (nSPS) is 12.2. The number of carbonyl (C=O) groups is 1. The molecule has 1 amide bonds. The van der Waals surface area contributed by atoms with Gasteiger partial charge in [-0.3, -0.25) is 4.79 Å². The molecule has 13 heteroatoms. The zero-order chi connectivity index (χ0) is 28.6. The third-order valence-corrected chi connectivity index (χ3v) is 9.00. The summed E-state index contributed by atoms with van der Waals surface area (Å²) in [5.74, 6) is -0.0958. The molecule has 2 N–H and O–H groups in total. The predicted molar refractivity (Wildman–Crippen MR) is 150 cm³/mol. The SMILES string of the molecule is O=C(CN(Cc1ccccc1)S(=O)(=O)c1ccccc1)N/N=C\c1ccc(CNS(=O)(=O)c2ccc(Cl)cc2)o1. The van der Waals surface area contributed by atoms with Crippen LogP contribution in [-0.4, -0.2) is 39.8 Å². The highest BCUT2D eigenvalue weighted by atomic mass is 35.5. The van der Waals surface area contributed by atoms with Gasteiger partial charge in [-0.25, -0.2) is 27.0 Å². The molecule has 0 fully saturated rings. The van der Waals surface area contributed by atoms with E-state index in [4.69, 9.17) is 16.0 Å². The van der Waals surface area contributed by atoms with E-state index in [1.54, 1.807) is 54.6 Å². The van der Waals surface area contributed by atoms with Crippen LogP contribution in [0.2, 0.25) is 5.02 Å². The van der Waals surface area contributed by atoms with Gasteiger partial charge >= 0.3 is 0 Å². The molecule has 0 spiro atoms. The fourth-order valence-electron chi connectivity index (χ4n) is 3.54. The van der Waals surface area contributed by atoms with Crippen LogP contribution in [0.3, 0.4) is 0 Å². The van der Waals surface area contributed by atoms with Crippen molar-refractivity contribution in [3.63, 3.8) is 0 Å². The van der Waals surface area contributed by atoms with E-state index in [2.05, 4.69) is 15.2 Å². The monoisotopic (exact) mass is 600 g/mol. The maximum absolute atomic E-state index is 13.2. The van der Waals surface area contributed by atoms with Crippen molar-refractivity contribution in [1.29, 1.82) is 0 Å². The Labute approximate surface area is 237 Å². The summed E-state index contributed by atoms with van der Waals surface area (Å²) in [6.07, 6.45) is 1.22. The lowest BCUT2D eigenvalue weighted by Gasteiger charge is -2.21. The van der Waals surface area contributed by atoms with Gasteiger partial charge in [-0.2, -0.15) is 9.41 Å². The minimum absolute atomic E-state index is 0.0112. The van der Waals surface area contributed by atoms with E-state index in [1.165, 1.54) is 42.6 Å². The number of benzene rings is 3. The minimum atomic E-state index is -3.97. The molecule has 1 aromatic heterocycles.